The summed E-state index contributed by atoms with van der Waals surface area (Å²) in [5.74, 6) is 2.59. The van der Waals surface area contributed by atoms with Crippen LogP contribution in [0.1, 0.15) is 19.2 Å². The summed E-state index contributed by atoms with van der Waals surface area (Å²) in [6.45, 7) is 5.83. The fraction of sp³-hybridized carbons (Fsp3) is 0.533. The molecular weight excluding hydrogens is 268 g/mol. The van der Waals surface area contributed by atoms with Crippen molar-refractivity contribution < 1.29 is 9.26 Å². The molecule has 2 atom stereocenters. The van der Waals surface area contributed by atoms with Gasteiger partial charge in [-0.05, 0) is 31.4 Å². The van der Waals surface area contributed by atoms with Gasteiger partial charge in [-0.1, -0.05) is 12.1 Å². The number of pyridine rings is 1. The van der Waals surface area contributed by atoms with Gasteiger partial charge in [0, 0.05) is 26.4 Å². The first kappa shape index (κ1) is 14.0. The first-order valence-electron chi connectivity index (χ1n) is 7.22. The molecule has 21 heavy (non-hydrogen) atoms. The Labute approximate surface area is 124 Å². The Kier molecular flexibility index (Phi) is 3.88. The smallest absolute Gasteiger partial charge is 0.261 e. The van der Waals surface area contributed by atoms with Crippen LogP contribution >= 0.6 is 0 Å². The van der Waals surface area contributed by atoms with Gasteiger partial charge in [0.25, 0.3) is 5.89 Å². The minimum Gasteiger partial charge on any atom is -0.379 e. The average molecular weight is 288 g/mol. The van der Waals surface area contributed by atoms with E-state index < -0.39 is 0 Å². The Bertz CT molecular complexity index is 613. The summed E-state index contributed by atoms with van der Waals surface area (Å²) in [5, 5.41) is 3.87. The van der Waals surface area contributed by atoms with E-state index >= 15 is 0 Å². The van der Waals surface area contributed by atoms with Crippen LogP contribution < -0.4 is 4.90 Å². The minimum atomic E-state index is 0.220. The van der Waals surface area contributed by atoms with E-state index in [-0.39, 0.29) is 6.10 Å². The molecule has 3 rings (SSSR count). The molecule has 0 spiro atoms. The third kappa shape index (κ3) is 2.76. The van der Waals surface area contributed by atoms with Crippen LogP contribution in [0.2, 0.25) is 0 Å². The predicted octanol–water partition coefficient (Wildman–Crippen LogP) is 2.30. The van der Waals surface area contributed by atoms with Gasteiger partial charge in [-0.15, -0.1) is 0 Å². The fourth-order valence-corrected chi connectivity index (χ4v) is 2.76. The number of rotatable bonds is 3. The topological polar surface area (TPSA) is 64.3 Å². The highest BCUT2D eigenvalue weighted by atomic mass is 16.5. The molecule has 0 amide bonds. The number of nitrogens with zero attached hydrogens (tertiary/aromatic N) is 4. The Morgan fingerprint density at radius 2 is 2.29 bits per heavy atom. The minimum absolute atomic E-state index is 0.220. The average Bonchev–Trinajstić information content (AvgIpc) is 2.94. The van der Waals surface area contributed by atoms with Crippen molar-refractivity contribution in [2.75, 3.05) is 25.1 Å². The molecule has 0 bridgehead atoms. The Hall–Kier alpha value is -1.95. The summed E-state index contributed by atoms with van der Waals surface area (Å²) >= 11 is 0. The van der Waals surface area contributed by atoms with Gasteiger partial charge in [0.05, 0.1) is 11.7 Å². The fourth-order valence-electron chi connectivity index (χ4n) is 2.76. The maximum absolute atomic E-state index is 5.58. The summed E-state index contributed by atoms with van der Waals surface area (Å²) in [5.41, 5.74) is 0.877. The summed E-state index contributed by atoms with van der Waals surface area (Å²) < 4.78 is 10.9. The van der Waals surface area contributed by atoms with Gasteiger partial charge in [0.15, 0.2) is 5.82 Å². The number of piperidine rings is 1. The molecule has 1 fully saturated rings. The van der Waals surface area contributed by atoms with E-state index in [1.807, 2.05) is 19.1 Å². The quantitative estimate of drug-likeness (QED) is 0.863. The van der Waals surface area contributed by atoms with Crippen molar-refractivity contribution in [2.24, 2.45) is 5.92 Å². The number of aryl methyl sites for hydroxylation is 1. The van der Waals surface area contributed by atoms with Gasteiger partial charge < -0.3 is 14.2 Å². The molecule has 1 aliphatic heterocycles. The number of methoxy groups -OCH3 is 1. The summed E-state index contributed by atoms with van der Waals surface area (Å²) in [6.07, 6.45) is 3.09. The van der Waals surface area contributed by atoms with Crippen LogP contribution in [0.3, 0.4) is 0 Å². The molecule has 0 aliphatic carbocycles. The number of aromatic nitrogens is 3. The van der Waals surface area contributed by atoms with Gasteiger partial charge in [-0.2, -0.15) is 4.98 Å². The SMILES string of the molecule is COC1CN(c2ncccc2-c2nc(C)no2)CCC1C. The molecule has 6 nitrogen and oxygen atoms in total. The van der Waals surface area contributed by atoms with Crippen LogP contribution in [-0.4, -0.2) is 41.4 Å². The molecule has 0 N–H and O–H groups in total. The van der Waals surface area contributed by atoms with Crippen LogP contribution in [0, 0.1) is 12.8 Å². The van der Waals surface area contributed by atoms with Crippen molar-refractivity contribution in [3.05, 3.63) is 24.2 Å². The highest BCUT2D eigenvalue weighted by molar-refractivity contribution is 5.69. The molecule has 0 aromatic carbocycles. The zero-order chi connectivity index (χ0) is 14.8. The summed E-state index contributed by atoms with van der Waals surface area (Å²) in [4.78, 5) is 11.1. The molecule has 2 aromatic rings. The first-order chi connectivity index (χ1) is 10.2. The lowest BCUT2D eigenvalue weighted by Crippen LogP contribution is -2.44. The summed E-state index contributed by atoms with van der Waals surface area (Å²) in [7, 11) is 1.77. The van der Waals surface area contributed by atoms with Crippen LogP contribution in [0.15, 0.2) is 22.9 Å². The van der Waals surface area contributed by atoms with Crippen LogP contribution in [0.4, 0.5) is 5.82 Å². The largest absolute Gasteiger partial charge is 0.379 e. The van der Waals surface area contributed by atoms with Crippen LogP contribution in [0.25, 0.3) is 11.5 Å². The zero-order valence-electron chi connectivity index (χ0n) is 12.6. The monoisotopic (exact) mass is 288 g/mol. The summed E-state index contributed by atoms with van der Waals surface area (Å²) in [6, 6.07) is 3.86. The van der Waals surface area contributed by atoms with Crippen molar-refractivity contribution in [2.45, 2.75) is 26.4 Å². The second kappa shape index (κ2) is 5.81. The van der Waals surface area contributed by atoms with Gasteiger partial charge >= 0.3 is 0 Å². The zero-order valence-corrected chi connectivity index (χ0v) is 12.6. The maximum atomic E-state index is 5.58. The highest BCUT2D eigenvalue weighted by Gasteiger charge is 2.28. The molecule has 0 saturated carbocycles. The normalized spacial score (nSPS) is 22.5. The standard InChI is InChI=1S/C15H20N4O2/c1-10-6-8-19(9-13(10)20-3)14-12(5-4-7-16-14)15-17-11(2)18-21-15/h4-5,7,10,13H,6,8-9H2,1-3H3. The third-order valence-corrected chi connectivity index (χ3v) is 4.04. The highest BCUT2D eigenvalue weighted by Crippen LogP contribution is 2.31. The van der Waals surface area contributed by atoms with E-state index in [1.165, 1.54) is 0 Å². The lowest BCUT2D eigenvalue weighted by Gasteiger charge is -2.37. The van der Waals surface area contributed by atoms with Gasteiger partial charge in [-0.3, -0.25) is 0 Å². The number of hydrogen-bond acceptors (Lipinski definition) is 6. The van der Waals surface area contributed by atoms with E-state index in [0.717, 1.165) is 30.9 Å². The van der Waals surface area contributed by atoms with Crippen LogP contribution in [-0.2, 0) is 4.74 Å². The van der Waals surface area contributed by atoms with Gasteiger partial charge in [0.1, 0.15) is 5.82 Å². The first-order valence-corrected chi connectivity index (χ1v) is 7.22. The molecule has 0 radical (unpaired) electrons. The van der Waals surface area contributed by atoms with Crippen molar-refractivity contribution >= 4 is 5.82 Å². The van der Waals surface area contributed by atoms with E-state index in [2.05, 4.69) is 26.9 Å². The Balaban J connectivity index is 1.92. The van der Waals surface area contributed by atoms with Crippen molar-refractivity contribution in [3.8, 4) is 11.5 Å². The van der Waals surface area contributed by atoms with E-state index in [9.17, 15) is 0 Å². The molecular formula is C15H20N4O2. The Morgan fingerprint density at radius 1 is 1.43 bits per heavy atom. The molecule has 1 saturated heterocycles. The van der Waals surface area contributed by atoms with E-state index in [1.54, 1.807) is 13.3 Å². The molecule has 112 valence electrons. The second-order valence-electron chi connectivity index (χ2n) is 5.51. The lowest BCUT2D eigenvalue weighted by molar-refractivity contribution is 0.0496. The Morgan fingerprint density at radius 3 is 3.00 bits per heavy atom. The van der Waals surface area contributed by atoms with Crippen molar-refractivity contribution in [3.63, 3.8) is 0 Å². The van der Waals surface area contributed by atoms with Crippen LogP contribution in [0.5, 0.6) is 0 Å². The number of ether oxygens (including phenoxy) is 1. The molecule has 6 heteroatoms. The van der Waals surface area contributed by atoms with Gasteiger partial charge in [-0.25, -0.2) is 4.98 Å². The third-order valence-electron chi connectivity index (χ3n) is 4.04. The maximum Gasteiger partial charge on any atom is 0.261 e. The number of anilines is 1. The second-order valence-corrected chi connectivity index (χ2v) is 5.51. The predicted molar refractivity (Wildman–Crippen MR) is 79.1 cm³/mol. The van der Waals surface area contributed by atoms with Crippen molar-refractivity contribution in [1.29, 1.82) is 0 Å². The molecule has 1 aliphatic rings. The van der Waals surface area contributed by atoms with E-state index in [0.29, 0.717) is 17.6 Å². The van der Waals surface area contributed by atoms with Gasteiger partial charge in [0.2, 0.25) is 0 Å². The molecule has 3 heterocycles. The molecule has 2 unspecified atom stereocenters. The lowest BCUT2D eigenvalue weighted by atomic mass is 9.95. The van der Waals surface area contributed by atoms with E-state index in [4.69, 9.17) is 9.26 Å². The van der Waals surface area contributed by atoms with Crippen molar-refractivity contribution in [1.82, 2.24) is 15.1 Å². The molecule has 2 aromatic heterocycles. The number of hydrogen-bond donors (Lipinski definition) is 0.